The number of imidazole rings is 2. The number of carboxylic acids is 1. The molecule has 31 heavy (non-hydrogen) atoms. The van der Waals surface area contributed by atoms with Crippen molar-refractivity contribution in [2.75, 3.05) is 6.54 Å². The van der Waals surface area contributed by atoms with Crippen molar-refractivity contribution < 1.29 is 19.6 Å². The van der Waals surface area contributed by atoms with Crippen molar-refractivity contribution >= 4 is 35.1 Å². The highest BCUT2D eigenvalue weighted by atomic mass is 32.2. The molecule has 164 valence electrons. The summed E-state index contributed by atoms with van der Waals surface area (Å²) >= 11 is 1.06. The lowest BCUT2D eigenvalue weighted by atomic mass is 10.1. The number of rotatable bonds is 10. The minimum atomic E-state index is -1.13. The average molecular weight is 448 g/mol. The maximum Gasteiger partial charge on any atom is 0.368 e. The molecule has 1 amide bonds. The fraction of sp³-hybridized carbons (Fsp3) is 0.353. The lowest BCUT2D eigenvalue weighted by Crippen LogP contribution is -2.41. The first-order valence-electron chi connectivity index (χ1n) is 9.27. The number of nitro groups is 1. The van der Waals surface area contributed by atoms with Gasteiger partial charge in [-0.15, -0.1) is 0 Å². The van der Waals surface area contributed by atoms with Crippen LogP contribution in [0, 0.1) is 17.0 Å². The van der Waals surface area contributed by atoms with Gasteiger partial charge in [0, 0.05) is 11.8 Å². The molecule has 0 spiro atoms. The molecule has 0 radical (unpaired) electrons. The Bertz CT molecular complexity index is 1130. The first kappa shape index (κ1) is 22.2. The summed E-state index contributed by atoms with van der Waals surface area (Å²) in [6.45, 7) is 2.08. The number of fused-ring (bicyclic) bond motifs is 1. The molecular formula is C17H20N8O5S. The molecule has 5 N–H and O–H groups in total. The second kappa shape index (κ2) is 9.53. The van der Waals surface area contributed by atoms with Gasteiger partial charge in [-0.25, -0.2) is 14.8 Å². The van der Waals surface area contributed by atoms with Crippen LogP contribution in [0.4, 0.5) is 5.82 Å². The van der Waals surface area contributed by atoms with Crippen LogP contribution in [0.2, 0.25) is 0 Å². The van der Waals surface area contributed by atoms with Gasteiger partial charge in [0.25, 0.3) is 5.91 Å². The molecule has 0 aliphatic rings. The van der Waals surface area contributed by atoms with Crippen molar-refractivity contribution in [3.05, 3.63) is 39.8 Å². The van der Waals surface area contributed by atoms with E-state index >= 15 is 0 Å². The highest BCUT2D eigenvalue weighted by Gasteiger charge is 2.24. The highest BCUT2D eigenvalue weighted by molar-refractivity contribution is 7.99. The molecule has 0 aliphatic heterocycles. The second-order valence-electron chi connectivity index (χ2n) is 6.58. The van der Waals surface area contributed by atoms with Gasteiger partial charge in [0.1, 0.15) is 23.0 Å². The summed E-state index contributed by atoms with van der Waals surface area (Å²) < 4.78 is 1.10. The zero-order chi connectivity index (χ0) is 22.5. The molecule has 3 heterocycles. The largest absolute Gasteiger partial charge is 0.480 e. The van der Waals surface area contributed by atoms with E-state index in [1.54, 1.807) is 19.1 Å². The standard InChI is InChI=1S/C17H20N8O5S/c1-9-14(15(26)21-10(16(27)28)4-2-3-7-18)22-17(20-9)31-12-6-5-11-19-8-13(25(29)30)24(11)23-12/h5-6,8,10H,2-4,7,18H2,1H3,(H,20,22)(H,21,26)(H,27,28). The van der Waals surface area contributed by atoms with Gasteiger partial charge in [-0.3, -0.25) is 4.79 Å². The third-order valence-corrected chi connectivity index (χ3v) is 5.15. The van der Waals surface area contributed by atoms with E-state index in [0.29, 0.717) is 40.9 Å². The average Bonchev–Trinajstić information content (AvgIpc) is 3.30. The van der Waals surface area contributed by atoms with Gasteiger partial charge in [-0.2, -0.15) is 0 Å². The summed E-state index contributed by atoms with van der Waals surface area (Å²) in [5, 5.41) is 27.8. The Balaban J connectivity index is 1.75. The van der Waals surface area contributed by atoms with Crippen molar-refractivity contribution in [1.82, 2.24) is 29.9 Å². The number of amides is 1. The van der Waals surface area contributed by atoms with Crippen molar-refractivity contribution in [3.8, 4) is 0 Å². The number of aromatic nitrogens is 5. The van der Waals surface area contributed by atoms with Crippen molar-refractivity contribution in [3.63, 3.8) is 0 Å². The van der Waals surface area contributed by atoms with Gasteiger partial charge in [-0.05, 0) is 55.5 Å². The number of aromatic amines is 1. The van der Waals surface area contributed by atoms with Crippen LogP contribution in [0.1, 0.15) is 35.4 Å². The molecule has 0 saturated heterocycles. The molecule has 0 fully saturated rings. The Morgan fingerprint density at radius 2 is 2.19 bits per heavy atom. The molecule has 0 bridgehead atoms. The molecule has 14 heteroatoms. The topological polar surface area (TPSA) is 194 Å². The van der Waals surface area contributed by atoms with Crippen LogP contribution < -0.4 is 11.1 Å². The third-order valence-electron chi connectivity index (χ3n) is 4.34. The Labute approximate surface area is 179 Å². The zero-order valence-electron chi connectivity index (χ0n) is 16.4. The first-order valence-corrected chi connectivity index (χ1v) is 10.1. The fourth-order valence-electron chi connectivity index (χ4n) is 2.80. The number of nitrogens with two attached hydrogens (primary N) is 1. The van der Waals surface area contributed by atoms with Crippen LogP contribution in [0.15, 0.2) is 28.5 Å². The highest BCUT2D eigenvalue weighted by Crippen LogP contribution is 2.25. The number of carboxylic acid groups (broad SMARTS) is 1. The Morgan fingerprint density at radius 1 is 1.42 bits per heavy atom. The fourth-order valence-corrected chi connectivity index (χ4v) is 3.60. The van der Waals surface area contributed by atoms with E-state index < -0.39 is 22.8 Å². The maximum atomic E-state index is 12.5. The Kier molecular flexibility index (Phi) is 6.81. The normalized spacial score (nSPS) is 12.1. The van der Waals surface area contributed by atoms with E-state index in [0.717, 1.165) is 22.5 Å². The number of hydrogen-bond acceptors (Lipinski definition) is 9. The number of H-pyrrole nitrogens is 1. The van der Waals surface area contributed by atoms with Crippen molar-refractivity contribution in [2.24, 2.45) is 5.73 Å². The van der Waals surface area contributed by atoms with E-state index in [9.17, 15) is 24.8 Å². The van der Waals surface area contributed by atoms with Gasteiger partial charge < -0.3 is 31.3 Å². The van der Waals surface area contributed by atoms with Crippen molar-refractivity contribution in [2.45, 2.75) is 42.4 Å². The quantitative estimate of drug-likeness (QED) is 0.198. The zero-order valence-corrected chi connectivity index (χ0v) is 17.3. The minimum Gasteiger partial charge on any atom is -0.480 e. The van der Waals surface area contributed by atoms with Crippen LogP contribution >= 0.6 is 11.8 Å². The predicted molar refractivity (Wildman–Crippen MR) is 109 cm³/mol. The van der Waals surface area contributed by atoms with Crippen LogP contribution in [-0.4, -0.2) is 59.1 Å². The summed E-state index contributed by atoms with van der Waals surface area (Å²) in [5.41, 5.74) is 6.25. The van der Waals surface area contributed by atoms with Gasteiger partial charge in [-0.1, -0.05) is 9.61 Å². The number of hydrogen-bond donors (Lipinski definition) is 4. The number of aliphatic carboxylic acids is 1. The first-order chi connectivity index (χ1) is 14.8. The van der Waals surface area contributed by atoms with Gasteiger partial charge >= 0.3 is 11.8 Å². The summed E-state index contributed by atoms with van der Waals surface area (Å²) in [6, 6.07) is 2.15. The summed E-state index contributed by atoms with van der Waals surface area (Å²) in [6.07, 6.45) is 2.61. The van der Waals surface area contributed by atoms with Crippen LogP contribution in [0.5, 0.6) is 0 Å². The Hall–Kier alpha value is -3.52. The lowest BCUT2D eigenvalue weighted by molar-refractivity contribution is -0.391. The number of carbonyl (C=O) groups is 2. The SMILES string of the molecule is Cc1[nH]c(Sc2ccc3ncc([N+](=O)[O-])n3n2)nc1C(=O)NC(CCCCN)C(=O)O. The van der Waals surface area contributed by atoms with Gasteiger partial charge in [0.05, 0.1) is 0 Å². The molecule has 0 aromatic carbocycles. The number of nitrogens with one attached hydrogen (secondary N) is 2. The van der Waals surface area contributed by atoms with Gasteiger partial charge in [0.15, 0.2) is 5.16 Å². The summed E-state index contributed by atoms with van der Waals surface area (Å²) in [4.78, 5) is 45.5. The predicted octanol–water partition coefficient (Wildman–Crippen LogP) is 1.13. The van der Waals surface area contributed by atoms with Crippen LogP contribution in [-0.2, 0) is 4.79 Å². The molecule has 3 aromatic rings. The van der Waals surface area contributed by atoms with E-state index in [1.165, 1.54) is 0 Å². The molecule has 0 aliphatic carbocycles. The number of carbonyl (C=O) groups excluding carboxylic acids is 1. The lowest BCUT2D eigenvalue weighted by Gasteiger charge is -2.13. The Morgan fingerprint density at radius 3 is 2.87 bits per heavy atom. The van der Waals surface area contributed by atoms with Crippen LogP contribution in [0.3, 0.4) is 0 Å². The minimum absolute atomic E-state index is 0.0577. The van der Waals surface area contributed by atoms with E-state index in [4.69, 9.17) is 5.73 Å². The molecule has 0 saturated carbocycles. The van der Waals surface area contributed by atoms with E-state index in [2.05, 4.69) is 25.4 Å². The molecule has 1 atom stereocenters. The molecule has 13 nitrogen and oxygen atoms in total. The second-order valence-corrected chi connectivity index (χ2v) is 7.59. The molecule has 3 rings (SSSR count). The van der Waals surface area contributed by atoms with Crippen molar-refractivity contribution in [1.29, 1.82) is 0 Å². The third kappa shape index (κ3) is 5.16. The van der Waals surface area contributed by atoms with Gasteiger partial charge in [0.2, 0.25) is 5.65 Å². The number of nitrogens with zero attached hydrogens (tertiary/aromatic N) is 5. The number of unbranched alkanes of at least 4 members (excludes halogenated alkanes) is 1. The van der Waals surface area contributed by atoms with Crippen LogP contribution in [0.25, 0.3) is 5.65 Å². The molecule has 1 unspecified atom stereocenters. The molecule has 3 aromatic heterocycles. The monoisotopic (exact) mass is 448 g/mol. The maximum absolute atomic E-state index is 12.5. The smallest absolute Gasteiger partial charge is 0.368 e. The summed E-state index contributed by atoms with van der Waals surface area (Å²) in [7, 11) is 0. The number of aryl methyl sites for hydroxylation is 1. The van der Waals surface area contributed by atoms with E-state index in [-0.39, 0.29) is 17.9 Å². The summed E-state index contributed by atoms with van der Waals surface area (Å²) in [5.74, 6) is -2.02. The van der Waals surface area contributed by atoms with E-state index in [1.807, 2.05) is 0 Å². The molecular weight excluding hydrogens is 428 g/mol.